The molecule has 0 radical (unpaired) electrons. The van der Waals surface area contributed by atoms with Gasteiger partial charge in [-0.15, -0.1) is 11.3 Å². The number of rotatable bonds is 10. The van der Waals surface area contributed by atoms with Gasteiger partial charge in [-0.1, -0.05) is 25.5 Å². The van der Waals surface area contributed by atoms with Crippen molar-refractivity contribution < 1.29 is 24.9 Å². The lowest BCUT2D eigenvalue weighted by Gasteiger charge is -2.37. The van der Waals surface area contributed by atoms with Crippen LogP contribution in [0.1, 0.15) is 62.3 Å². The van der Waals surface area contributed by atoms with E-state index >= 15 is 0 Å². The number of ether oxygens (including phenoxy) is 1. The summed E-state index contributed by atoms with van der Waals surface area (Å²) in [5.41, 5.74) is -0.957. The third-order valence-electron chi connectivity index (χ3n) is 6.23. The molecule has 1 aromatic rings. The standard InChI is InChI=1S/C23H34O5S/c1-5-7-11-21(24)23(27,22(25)26)19-10-8-9-18(19)20(28-4)14-16(6-2)17-12-13-29-15(17)3/h5,7,12-14,16,18-19,21,24,27H,6,8-11H2,1-4H3,(H,25,26)/b7-5-,20-14+/t16-,18+,19?,21+,23?/m0/s1. The van der Waals surface area contributed by atoms with Gasteiger partial charge in [-0.2, -0.15) is 0 Å². The molecule has 6 heteroatoms. The summed E-state index contributed by atoms with van der Waals surface area (Å²) in [5, 5.41) is 33.7. The van der Waals surface area contributed by atoms with Crippen molar-refractivity contribution in [3.8, 4) is 0 Å². The van der Waals surface area contributed by atoms with E-state index in [1.54, 1.807) is 37.5 Å². The predicted molar refractivity (Wildman–Crippen MR) is 116 cm³/mol. The van der Waals surface area contributed by atoms with Gasteiger partial charge in [-0.3, -0.25) is 0 Å². The van der Waals surface area contributed by atoms with Crippen LogP contribution in [0, 0.1) is 18.8 Å². The Morgan fingerprint density at radius 1 is 1.45 bits per heavy atom. The third-order valence-corrected chi connectivity index (χ3v) is 7.09. The Morgan fingerprint density at radius 3 is 2.69 bits per heavy atom. The molecule has 5 nitrogen and oxygen atoms in total. The summed E-state index contributed by atoms with van der Waals surface area (Å²) >= 11 is 1.71. The summed E-state index contributed by atoms with van der Waals surface area (Å²) in [4.78, 5) is 13.3. The van der Waals surface area contributed by atoms with Crippen molar-refractivity contribution in [3.63, 3.8) is 0 Å². The number of hydrogen-bond acceptors (Lipinski definition) is 5. The van der Waals surface area contributed by atoms with Crippen molar-refractivity contribution in [2.45, 2.75) is 70.5 Å². The summed E-state index contributed by atoms with van der Waals surface area (Å²) in [6.45, 7) is 6.02. The highest BCUT2D eigenvalue weighted by atomic mass is 32.1. The highest BCUT2D eigenvalue weighted by Gasteiger charge is 2.54. The first-order chi connectivity index (χ1) is 13.8. The van der Waals surface area contributed by atoms with Crippen molar-refractivity contribution in [2.24, 2.45) is 11.8 Å². The molecular formula is C23H34O5S. The first kappa shape index (κ1) is 23.6. The van der Waals surface area contributed by atoms with Gasteiger partial charge < -0.3 is 20.1 Å². The summed E-state index contributed by atoms with van der Waals surface area (Å²) in [6, 6.07) is 2.12. The molecule has 1 aliphatic carbocycles. The molecular weight excluding hydrogens is 388 g/mol. The molecule has 0 spiro atoms. The third kappa shape index (κ3) is 4.93. The van der Waals surface area contributed by atoms with Gasteiger partial charge in [0.25, 0.3) is 0 Å². The van der Waals surface area contributed by atoms with Gasteiger partial charge in [0.2, 0.25) is 0 Å². The Kier molecular flexibility index (Phi) is 8.49. The maximum absolute atomic E-state index is 12.1. The molecule has 2 rings (SSSR count). The van der Waals surface area contributed by atoms with Crippen molar-refractivity contribution in [3.05, 3.63) is 45.9 Å². The maximum Gasteiger partial charge on any atom is 0.338 e. The average molecular weight is 423 g/mol. The molecule has 0 aromatic carbocycles. The van der Waals surface area contributed by atoms with Crippen LogP contribution in [0.5, 0.6) is 0 Å². The number of allylic oxidation sites excluding steroid dienone is 3. The SMILES string of the molecule is C/C=C\C[C@@H](O)C(O)(C(=O)O)C1CCC[C@H]1/C(=C\[C@H](CC)c1ccsc1C)OC. The Balaban J connectivity index is 2.39. The minimum Gasteiger partial charge on any atom is -0.501 e. The van der Waals surface area contributed by atoms with Gasteiger partial charge in [0, 0.05) is 22.6 Å². The van der Waals surface area contributed by atoms with Crippen LogP contribution in [-0.2, 0) is 9.53 Å². The van der Waals surface area contributed by atoms with E-state index in [1.165, 1.54) is 10.4 Å². The molecule has 1 fully saturated rings. The van der Waals surface area contributed by atoms with Crippen LogP contribution in [0.2, 0.25) is 0 Å². The van der Waals surface area contributed by atoms with Gasteiger partial charge >= 0.3 is 5.97 Å². The minimum absolute atomic E-state index is 0.0975. The fourth-order valence-electron chi connectivity index (χ4n) is 4.57. The molecule has 0 saturated heterocycles. The van der Waals surface area contributed by atoms with Crippen LogP contribution < -0.4 is 0 Å². The summed E-state index contributed by atoms with van der Waals surface area (Å²) in [6.07, 6.45) is 7.19. The zero-order valence-corrected chi connectivity index (χ0v) is 18.6. The van der Waals surface area contributed by atoms with E-state index in [9.17, 15) is 20.1 Å². The molecule has 162 valence electrons. The van der Waals surface area contributed by atoms with E-state index in [0.717, 1.165) is 19.3 Å². The van der Waals surface area contributed by atoms with E-state index in [1.807, 2.05) is 0 Å². The number of carboxylic acids is 1. The number of methoxy groups -OCH3 is 1. The summed E-state index contributed by atoms with van der Waals surface area (Å²) in [5.74, 6) is -1.34. The molecule has 2 unspecified atom stereocenters. The van der Waals surface area contributed by atoms with Crippen LogP contribution in [0.3, 0.4) is 0 Å². The van der Waals surface area contributed by atoms with Crippen molar-refractivity contribution in [2.75, 3.05) is 7.11 Å². The Hall–Kier alpha value is -1.63. The number of thiophene rings is 1. The molecule has 0 bridgehead atoms. The van der Waals surface area contributed by atoms with Gasteiger partial charge in [-0.05, 0) is 62.6 Å². The molecule has 3 N–H and O–H groups in total. The number of carboxylic acid groups (broad SMARTS) is 1. The maximum atomic E-state index is 12.1. The van der Waals surface area contributed by atoms with Crippen LogP contribution in [0.15, 0.2) is 35.4 Å². The molecule has 5 atom stereocenters. The lowest BCUT2D eigenvalue weighted by atomic mass is 9.74. The number of hydrogen-bond donors (Lipinski definition) is 3. The lowest BCUT2D eigenvalue weighted by molar-refractivity contribution is -0.184. The topological polar surface area (TPSA) is 87.0 Å². The first-order valence-corrected chi connectivity index (χ1v) is 11.2. The van der Waals surface area contributed by atoms with E-state index in [4.69, 9.17) is 4.74 Å². The predicted octanol–water partition coefficient (Wildman–Crippen LogP) is 4.64. The molecule has 0 aliphatic heterocycles. The Morgan fingerprint density at radius 2 is 2.17 bits per heavy atom. The molecule has 29 heavy (non-hydrogen) atoms. The largest absolute Gasteiger partial charge is 0.501 e. The van der Waals surface area contributed by atoms with Crippen LogP contribution in [0.4, 0.5) is 0 Å². The number of aliphatic hydroxyl groups excluding tert-OH is 1. The van der Waals surface area contributed by atoms with Crippen molar-refractivity contribution in [1.82, 2.24) is 0 Å². The van der Waals surface area contributed by atoms with Gasteiger partial charge in [-0.25, -0.2) is 4.79 Å². The molecule has 1 aromatic heterocycles. The quantitative estimate of drug-likeness (QED) is 0.378. The number of carbonyl (C=O) groups is 1. The highest BCUT2D eigenvalue weighted by molar-refractivity contribution is 7.10. The van der Waals surface area contributed by atoms with Crippen LogP contribution in [-0.4, -0.2) is 40.1 Å². The monoisotopic (exact) mass is 422 g/mol. The number of aryl methyl sites for hydroxylation is 1. The van der Waals surface area contributed by atoms with Gasteiger partial charge in [0.05, 0.1) is 19.0 Å². The number of aliphatic carboxylic acids is 1. The fraction of sp³-hybridized carbons (Fsp3) is 0.609. The zero-order valence-electron chi connectivity index (χ0n) is 17.8. The summed E-state index contributed by atoms with van der Waals surface area (Å²) in [7, 11) is 1.60. The second-order valence-electron chi connectivity index (χ2n) is 7.81. The lowest BCUT2D eigenvalue weighted by Crippen LogP contribution is -2.56. The Labute approximate surface area is 177 Å². The second-order valence-corrected chi connectivity index (χ2v) is 8.94. The van der Waals surface area contributed by atoms with Crippen LogP contribution in [0.25, 0.3) is 0 Å². The number of aliphatic hydroxyl groups is 2. The smallest absolute Gasteiger partial charge is 0.338 e. The molecule has 1 aliphatic rings. The van der Waals surface area contributed by atoms with E-state index in [2.05, 4.69) is 31.4 Å². The summed E-state index contributed by atoms with van der Waals surface area (Å²) < 4.78 is 5.74. The van der Waals surface area contributed by atoms with Gasteiger partial charge in [0.15, 0.2) is 5.60 Å². The Bertz CT molecular complexity index is 737. The van der Waals surface area contributed by atoms with E-state index in [0.29, 0.717) is 12.2 Å². The van der Waals surface area contributed by atoms with Crippen molar-refractivity contribution in [1.29, 1.82) is 0 Å². The van der Waals surface area contributed by atoms with Crippen molar-refractivity contribution >= 4 is 17.3 Å². The molecule has 1 heterocycles. The van der Waals surface area contributed by atoms with Crippen LogP contribution >= 0.6 is 11.3 Å². The van der Waals surface area contributed by atoms with E-state index < -0.39 is 23.6 Å². The molecule has 1 saturated carbocycles. The normalized spacial score (nSPS) is 24.4. The highest BCUT2D eigenvalue weighted by Crippen LogP contribution is 2.46. The minimum atomic E-state index is -2.21. The fourth-order valence-corrected chi connectivity index (χ4v) is 5.34. The second kappa shape index (κ2) is 10.4. The first-order valence-electron chi connectivity index (χ1n) is 10.4. The van der Waals surface area contributed by atoms with E-state index in [-0.39, 0.29) is 18.3 Å². The molecule has 0 amide bonds. The zero-order chi connectivity index (χ0) is 21.6. The van der Waals surface area contributed by atoms with Gasteiger partial charge in [0.1, 0.15) is 0 Å². The average Bonchev–Trinajstić information content (AvgIpc) is 3.36.